The van der Waals surface area contributed by atoms with Crippen LogP contribution in [0.25, 0.3) is 0 Å². The molecule has 0 spiro atoms. The van der Waals surface area contributed by atoms with Crippen molar-refractivity contribution in [2.24, 2.45) is 0 Å². The van der Waals surface area contributed by atoms with Gasteiger partial charge >= 0.3 is 0 Å². The molecule has 35 heavy (non-hydrogen) atoms. The van der Waals surface area contributed by atoms with Gasteiger partial charge in [0, 0.05) is 30.1 Å². The van der Waals surface area contributed by atoms with Gasteiger partial charge in [-0.15, -0.1) is 0 Å². The first-order chi connectivity index (χ1) is 16.3. The van der Waals surface area contributed by atoms with Crippen LogP contribution in [0.1, 0.15) is 56.5 Å². The maximum absolute atomic E-state index is 13.4. The number of benzene rings is 2. The Labute approximate surface area is 211 Å². The van der Waals surface area contributed by atoms with Gasteiger partial charge in [-0.2, -0.15) is 0 Å². The Hall–Kier alpha value is -2.91. The van der Waals surface area contributed by atoms with Crippen LogP contribution in [-0.2, 0) is 26.2 Å². The van der Waals surface area contributed by atoms with Crippen LogP contribution >= 0.6 is 11.6 Å². The third-order valence-electron chi connectivity index (χ3n) is 5.59. The number of hydrogen-bond acceptors (Lipinski definition) is 5. The summed E-state index contributed by atoms with van der Waals surface area (Å²) in [5, 5.41) is 3.46. The lowest BCUT2D eigenvalue weighted by Crippen LogP contribution is -2.53. The number of fused-ring (bicyclic) bond motifs is 1. The molecule has 8 nitrogen and oxygen atoms in total. The number of carbonyl (C=O) groups excluding carboxylic acids is 3. The minimum atomic E-state index is -4.03. The summed E-state index contributed by atoms with van der Waals surface area (Å²) < 4.78 is 26.4. The van der Waals surface area contributed by atoms with E-state index in [0.717, 1.165) is 9.87 Å². The van der Waals surface area contributed by atoms with E-state index in [1.54, 1.807) is 43.3 Å². The summed E-state index contributed by atoms with van der Waals surface area (Å²) in [5.41, 5.74) is 0.359. The van der Waals surface area contributed by atoms with Crippen LogP contribution in [0, 0.1) is 0 Å². The maximum Gasteiger partial charge on any atom is 0.269 e. The number of sulfonamides is 1. The van der Waals surface area contributed by atoms with Crippen LogP contribution in [0.15, 0.2) is 53.4 Å². The molecule has 1 aliphatic rings. The molecular weight excluding hydrogens is 490 g/mol. The molecule has 0 aliphatic carbocycles. The van der Waals surface area contributed by atoms with E-state index in [0.29, 0.717) is 11.4 Å². The summed E-state index contributed by atoms with van der Waals surface area (Å²) in [6, 6.07) is 12.1. The second-order valence-electron chi connectivity index (χ2n) is 9.44. The molecule has 0 saturated carbocycles. The van der Waals surface area contributed by atoms with Gasteiger partial charge in [-0.3, -0.25) is 14.4 Å². The van der Waals surface area contributed by atoms with Gasteiger partial charge < -0.3 is 10.2 Å². The molecule has 10 heteroatoms. The van der Waals surface area contributed by atoms with E-state index in [1.807, 2.05) is 20.8 Å². The predicted octanol–water partition coefficient (Wildman–Crippen LogP) is 3.60. The molecule has 1 atom stereocenters. The molecule has 2 aromatic carbocycles. The van der Waals surface area contributed by atoms with Crippen molar-refractivity contribution in [3.63, 3.8) is 0 Å². The van der Waals surface area contributed by atoms with Gasteiger partial charge in [0.15, 0.2) is 0 Å². The second-order valence-corrected chi connectivity index (χ2v) is 11.7. The smallest absolute Gasteiger partial charge is 0.269 e. The topological polar surface area (TPSA) is 104 Å². The van der Waals surface area contributed by atoms with Crippen molar-refractivity contribution in [3.05, 3.63) is 64.7 Å². The molecule has 1 heterocycles. The fraction of sp³-hybridized carbons (Fsp3) is 0.400. The lowest BCUT2D eigenvalue weighted by Gasteiger charge is -2.33. The first kappa shape index (κ1) is 26.7. The first-order valence-electron chi connectivity index (χ1n) is 11.4. The second kappa shape index (κ2) is 10.4. The summed E-state index contributed by atoms with van der Waals surface area (Å²) in [6.07, 6.45) is 0.0967. The monoisotopic (exact) mass is 519 g/mol. The van der Waals surface area contributed by atoms with Gasteiger partial charge in [0.1, 0.15) is 10.9 Å². The van der Waals surface area contributed by atoms with Crippen LogP contribution in [0.2, 0.25) is 5.02 Å². The Kier molecular flexibility index (Phi) is 7.91. The lowest BCUT2D eigenvalue weighted by molar-refractivity contribution is -0.142. The Morgan fingerprint density at radius 1 is 1.09 bits per heavy atom. The van der Waals surface area contributed by atoms with E-state index in [2.05, 4.69) is 5.32 Å². The molecule has 3 rings (SSSR count). The largest absolute Gasteiger partial charge is 0.350 e. The van der Waals surface area contributed by atoms with E-state index in [9.17, 15) is 22.8 Å². The van der Waals surface area contributed by atoms with Gasteiger partial charge in [0.25, 0.3) is 15.9 Å². The van der Waals surface area contributed by atoms with Crippen LogP contribution in [0.5, 0.6) is 0 Å². The molecule has 0 fully saturated rings. The van der Waals surface area contributed by atoms with Gasteiger partial charge in [0.2, 0.25) is 11.8 Å². The predicted molar refractivity (Wildman–Crippen MR) is 133 cm³/mol. The van der Waals surface area contributed by atoms with Crippen molar-refractivity contribution in [3.8, 4) is 0 Å². The minimum Gasteiger partial charge on any atom is -0.350 e. The molecule has 0 saturated heterocycles. The van der Waals surface area contributed by atoms with Crippen LogP contribution < -0.4 is 5.32 Å². The quantitative estimate of drug-likeness (QED) is 0.574. The molecule has 0 radical (unpaired) electrons. The highest BCUT2D eigenvalue weighted by Crippen LogP contribution is 2.30. The molecule has 2 aromatic rings. The average Bonchev–Trinajstić information content (AvgIpc) is 2.97. The van der Waals surface area contributed by atoms with E-state index >= 15 is 0 Å². The number of rotatable bonds is 8. The van der Waals surface area contributed by atoms with E-state index in [1.165, 1.54) is 17.0 Å². The molecular formula is C25H30ClN3O5S. The number of carbonyl (C=O) groups is 3. The summed E-state index contributed by atoms with van der Waals surface area (Å²) >= 11 is 5.99. The summed E-state index contributed by atoms with van der Waals surface area (Å²) in [5.74, 6) is -1.40. The minimum absolute atomic E-state index is 0.0635. The van der Waals surface area contributed by atoms with Crippen molar-refractivity contribution in [2.75, 3.05) is 6.54 Å². The molecule has 1 aliphatic heterocycles. The van der Waals surface area contributed by atoms with Crippen LogP contribution in [0.3, 0.4) is 0 Å². The normalized spacial score (nSPS) is 15.5. The summed E-state index contributed by atoms with van der Waals surface area (Å²) in [7, 11) is -4.03. The average molecular weight is 520 g/mol. The van der Waals surface area contributed by atoms with Crippen LogP contribution in [0.4, 0.5) is 0 Å². The Morgan fingerprint density at radius 3 is 2.29 bits per heavy atom. The van der Waals surface area contributed by atoms with Crippen molar-refractivity contribution < 1.29 is 22.8 Å². The molecule has 0 unspecified atom stereocenters. The number of nitrogens with one attached hydrogen (secondary N) is 1. The van der Waals surface area contributed by atoms with Crippen molar-refractivity contribution in [2.45, 2.75) is 63.6 Å². The molecule has 0 aromatic heterocycles. The molecule has 0 bridgehead atoms. The summed E-state index contributed by atoms with van der Waals surface area (Å²) in [6.45, 7) is 7.18. The van der Waals surface area contributed by atoms with Crippen molar-refractivity contribution >= 4 is 39.3 Å². The SMILES string of the molecule is CC[C@@H](C(=O)NC(C)(C)C)N(Cc1ccc(Cl)cc1)C(=O)CCN1C(=O)c2ccccc2S1(=O)=O. The Bertz CT molecular complexity index is 1220. The highest BCUT2D eigenvalue weighted by molar-refractivity contribution is 7.90. The highest BCUT2D eigenvalue weighted by atomic mass is 35.5. The van der Waals surface area contributed by atoms with Gasteiger partial charge in [-0.25, -0.2) is 12.7 Å². The lowest BCUT2D eigenvalue weighted by atomic mass is 10.1. The Balaban J connectivity index is 1.84. The highest BCUT2D eigenvalue weighted by Gasteiger charge is 2.41. The number of hydrogen-bond donors (Lipinski definition) is 1. The third-order valence-corrected chi connectivity index (χ3v) is 7.68. The van der Waals surface area contributed by atoms with Crippen molar-refractivity contribution in [1.82, 2.24) is 14.5 Å². The van der Waals surface area contributed by atoms with E-state index < -0.39 is 33.4 Å². The summed E-state index contributed by atoms with van der Waals surface area (Å²) in [4.78, 5) is 40.6. The van der Waals surface area contributed by atoms with Crippen molar-refractivity contribution in [1.29, 1.82) is 0 Å². The fourth-order valence-corrected chi connectivity index (χ4v) is 5.65. The molecule has 188 valence electrons. The van der Waals surface area contributed by atoms with Gasteiger partial charge in [0.05, 0.1) is 5.56 Å². The van der Waals surface area contributed by atoms with Gasteiger partial charge in [-0.05, 0) is 57.0 Å². The molecule has 3 amide bonds. The van der Waals surface area contributed by atoms with E-state index in [-0.39, 0.29) is 35.9 Å². The Morgan fingerprint density at radius 2 is 1.71 bits per heavy atom. The van der Waals surface area contributed by atoms with Crippen LogP contribution in [-0.4, -0.2) is 53.5 Å². The third kappa shape index (κ3) is 6.02. The maximum atomic E-state index is 13.4. The van der Waals surface area contributed by atoms with Gasteiger partial charge in [-0.1, -0.05) is 42.8 Å². The zero-order valence-corrected chi connectivity index (χ0v) is 21.8. The number of amides is 3. The van der Waals surface area contributed by atoms with E-state index in [4.69, 9.17) is 11.6 Å². The number of halogens is 1. The number of nitrogens with zero attached hydrogens (tertiary/aromatic N) is 2. The fourth-order valence-electron chi connectivity index (χ4n) is 3.95. The first-order valence-corrected chi connectivity index (χ1v) is 13.2. The molecule has 1 N–H and O–H groups in total. The standard InChI is InChI=1S/C25H30ClN3O5S/c1-5-20(23(31)27-25(2,3)4)28(16-17-10-12-18(26)13-11-17)22(30)14-15-29-24(32)19-8-6-7-9-21(19)35(29,33)34/h6-13,20H,5,14-16H2,1-4H3,(H,27,31)/t20-/m0/s1. The zero-order chi connectivity index (χ0) is 26.0. The zero-order valence-electron chi connectivity index (χ0n) is 20.2.